The van der Waals surface area contributed by atoms with Crippen LogP contribution in [0.2, 0.25) is 0 Å². The van der Waals surface area contributed by atoms with Crippen molar-refractivity contribution in [3.8, 4) is 5.75 Å². The number of hydrogen-bond donors (Lipinski definition) is 1. The van der Waals surface area contributed by atoms with Crippen LogP contribution in [-0.2, 0) is 21.2 Å². The predicted molar refractivity (Wildman–Crippen MR) is 75.2 cm³/mol. The molecule has 0 radical (unpaired) electrons. The number of sulfonamides is 1. The normalized spacial score (nSPS) is 30.8. The molecule has 0 amide bonds. The number of hydrogen-bond acceptors (Lipinski definition) is 4. The molecule has 2 fully saturated rings. The van der Waals surface area contributed by atoms with Gasteiger partial charge in [0.2, 0.25) is 10.0 Å². The molecule has 0 bridgehead atoms. The van der Waals surface area contributed by atoms with E-state index in [9.17, 15) is 8.42 Å². The van der Waals surface area contributed by atoms with Crippen molar-refractivity contribution in [1.29, 1.82) is 0 Å². The van der Waals surface area contributed by atoms with E-state index in [0.29, 0.717) is 37.4 Å². The monoisotopic (exact) mass is 359 g/mol. The maximum absolute atomic E-state index is 12.6. The van der Waals surface area contributed by atoms with Gasteiger partial charge in [-0.2, -0.15) is 0 Å². The van der Waals surface area contributed by atoms with E-state index in [1.807, 2.05) is 6.07 Å². The van der Waals surface area contributed by atoms with E-state index in [-0.39, 0.29) is 10.9 Å². The van der Waals surface area contributed by atoms with Crippen molar-refractivity contribution >= 4 is 26.0 Å². The highest BCUT2D eigenvalue weighted by atomic mass is 79.9. The molecule has 1 saturated heterocycles. The third-order valence-corrected chi connectivity index (χ3v) is 6.17. The van der Waals surface area contributed by atoms with E-state index in [4.69, 9.17) is 9.47 Å². The van der Waals surface area contributed by atoms with Crippen LogP contribution in [-0.4, -0.2) is 34.3 Å². The van der Waals surface area contributed by atoms with Gasteiger partial charge in [-0.3, -0.25) is 0 Å². The predicted octanol–water partition coefficient (Wildman–Crippen LogP) is 1.31. The van der Waals surface area contributed by atoms with E-state index < -0.39 is 10.0 Å². The molecule has 3 atom stereocenters. The first-order valence-electron chi connectivity index (χ1n) is 6.61. The summed E-state index contributed by atoms with van der Waals surface area (Å²) in [6.45, 7) is 1.85. The van der Waals surface area contributed by atoms with E-state index >= 15 is 0 Å². The van der Waals surface area contributed by atoms with Crippen LogP contribution >= 0.6 is 15.9 Å². The molecule has 1 saturated carbocycles. The molecule has 2 heterocycles. The third-order valence-electron chi connectivity index (χ3n) is 4.25. The molecule has 5 nitrogen and oxygen atoms in total. The van der Waals surface area contributed by atoms with Crippen LogP contribution in [0.4, 0.5) is 0 Å². The highest BCUT2D eigenvalue weighted by Crippen LogP contribution is 2.45. The summed E-state index contributed by atoms with van der Waals surface area (Å²) < 4.78 is 39.5. The standard InChI is InChI=1S/C13H14BrNO4S/c14-8-3-7-1-2-19-13(7)11(4-8)20(16,17)15-12-9-5-18-6-10(9)12/h3-4,9-10,12,15H,1-2,5-6H2/t9-,10+,12?. The van der Waals surface area contributed by atoms with Gasteiger partial charge in [0.25, 0.3) is 0 Å². The summed E-state index contributed by atoms with van der Waals surface area (Å²) in [5.41, 5.74) is 0.944. The van der Waals surface area contributed by atoms with Crippen molar-refractivity contribution in [2.24, 2.45) is 11.8 Å². The number of ether oxygens (including phenoxy) is 2. The quantitative estimate of drug-likeness (QED) is 0.883. The topological polar surface area (TPSA) is 64.6 Å². The first kappa shape index (κ1) is 13.1. The molecular formula is C13H14BrNO4S. The van der Waals surface area contributed by atoms with Crippen LogP contribution in [0.25, 0.3) is 0 Å². The van der Waals surface area contributed by atoms with Crippen LogP contribution in [0.5, 0.6) is 5.75 Å². The smallest absolute Gasteiger partial charge is 0.244 e. The summed E-state index contributed by atoms with van der Waals surface area (Å²) in [5.74, 6) is 1.18. The summed E-state index contributed by atoms with van der Waals surface area (Å²) in [5, 5.41) is 0. The molecule has 0 spiro atoms. The van der Waals surface area contributed by atoms with Gasteiger partial charge < -0.3 is 9.47 Å². The lowest BCUT2D eigenvalue weighted by Crippen LogP contribution is -2.30. The molecule has 1 unspecified atom stereocenters. The van der Waals surface area contributed by atoms with Crippen molar-refractivity contribution in [2.45, 2.75) is 17.4 Å². The molecule has 0 aromatic heterocycles. The van der Waals surface area contributed by atoms with Gasteiger partial charge in [0.15, 0.2) is 0 Å². The number of benzene rings is 1. The molecule has 1 N–H and O–H groups in total. The molecule has 2 aliphatic heterocycles. The van der Waals surface area contributed by atoms with Crippen LogP contribution < -0.4 is 9.46 Å². The Hall–Kier alpha value is -0.630. The van der Waals surface area contributed by atoms with E-state index in [1.54, 1.807) is 6.07 Å². The fraction of sp³-hybridized carbons (Fsp3) is 0.538. The fourth-order valence-corrected chi connectivity index (χ4v) is 5.30. The van der Waals surface area contributed by atoms with Gasteiger partial charge in [-0.05, 0) is 12.1 Å². The minimum absolute atomic E-state index is 0.0183. The van der Waals surface area contributed by atoms with Gasteiger partial charge in [0.05, 0.1) is 19.8 Å². The highest BCUT2D eigenvalue weighted by Gasteiger charge is 2.55. The SMILES string of the molecule is O=S(=O)(NC1[C@H]2COC[C@@H]12)c1cc(Br)cc2c1OCC2. The summed E-state index contributed by atoms with van der Waals surface area (Å²) in [4.78, 5) is 0.241. The minimum atomic E-state index is -3.55. The molecule has 7 heteroatoms. The average molecular weight is 360 g/mol. The van der Waals surface area contributed by atoms with Gasteiger partial charge in [-0.15, -0.1) is 0 Å². The molecule has 3 aliphatic rings. The Morgan fingerprint density at radius 2 is 2.00 bits per heavy atom. The van der Waals surface area contributed by atoms with Crippen LogP contribution in [0.1, 0.15) is 5.56 Å². The molecule has 1 aromatic carbocycles. The molecule has 20 heavy (non-hydrogen) atoms. The number of fused-ring (bicyclic) bond motifs is 2. The summed E-state index contributed by atoms with van der Waals surface area (Å²) in [7, 11) is -3.55. The third kappa shape index (κ3) is 1.99. The first-order chi connectivity index (χ1) is 9.56. The zero-order valence-corrected chi connectivity index (χ0v) is 13.0. The lowest BCUT2D eigenvalue weighted by Gasteiger charge is -2.12. The summed E-state index contributed by atoms with van der Waals surface area (Å²) in [6.07, 6.45) is 0.750. The van der Waals surface area contributed by atoms with Crippen LogP contribution in [0, 0.1) is 11.8 Å². The second-order valence-corrected chi connectivity index (χ2v) is 8.10. The fourth-order valence-electron chi connectivity index (χ4n) is 3.09. The maximum Gasteiger partial charge on any atom is 0.244 e. The zero-order valence-electron chi connectivity index (χ0n) is 10.6. The Morgan fingerprint density at radius 3 is 2.75 bits per heavy atom. The van der Waals surface area contributed by atoms with Gasteiger partial charge in [-0.1, -0.05) is 15.9 Å². The zero-order chi connectivity index (χ0) is 13.9. The molecule has 1 aromatic rings. The first-order valence-corrected chi connectivity index (χ1v) is 8.89. The maximum atomic E-state index is 12.6. The Labute approximate surface area is 125 Å². The van der Waals surface area contributed by atoms with Gasteiger partial charge in [-0.25, -0.2) is 13.1 Å². The lowest BCUT2D eigenvalue weighted by atomic mass is 10.2. The largest absolute Gasteiger partial charge is 0.492 e. The summed E-state index contributed by atoms with van der Waals surface area (Å²) >= 11 is 3.37. The average Bonchev–Trinajstić information content (AvgIpc) is 2.84. The van der Waals surface area contributed by atoms with Crippen molar-refractivity contribution in [3.05, 3.63) is 22.2 Å². The van der Waals surface area contributed by atoms with E-state index in [0.717, 1.165) is 16.5 Å². The Balaban J connectivity index is 1.66. The van der Waals surface area contributed by atoms with Crippen molar-refractivity contribution < 1.29 is 17.9 Å². The number of nitrogens with one attached hydrogen (secondary N) is 1. The van der Waals surface area contributed by atoms with Gasteiger partial charge >= 0.3 is 0 Å². The van der Waals surface area contributed by atoms with Gasteiger partial charge in [0.1, 0.15) is 10.6 Å². The summed E-state index contributed by atoms with van der Waals surface area (Å²) in [6, 6.07) is 3.55. The highest BCUT2D eigenvalue weighted by molar-refractivity contribution is 9.10. The molecule has 108 valence electrons. The molecule has 4 rings (SSSR count). The molecular weight excluding hydrogens is 346 g/mol. The van der Waals surface area contributed by atoms with Crippen LogP contribution in [0.15, 0.2) is 21.5 Å². The number of halogens is 1. The lowest BCUT2D eigenvalue weighted by molar-refractivity contribution is 0.159. The van der Waals surface area contributed by atoms with Crippen molar-refractivity contribution in [1.82, 2.24) is 4.72 Å². The minimum Gasteiger partial charge on any atom is -0.492 e. The Bertz CT molecular complexity index is 665. The number of rotatable bonds is 3. The van der Waals surface area contributed by atoms with Crippen molar-refractivity contribution in [2.75, 3.05) is 19.8 Å². The van der Waals surface area contributed by atoms with Gasteiger partial charge in [0, 0.05) is 34.3 Å². The van der Waals surface area contributed by atoms with Crippen molar-refractivity contribution in [3.63, 3.8) is 0 Å². The Kier molecular flexibility index (Phi) is 2.89. The second kappa shape index (κ2) is 4.43. The second-order valence-electron chi connectivity index (χ2n) is 5.50. The molecule has 1 aliphatic carbocycles. The van der Waals surface area contributed by atoms with Crippen LogP contribution in [0.3, 0.4) is 0 Å². The Morgan fingerprint density at radius 1 is 1.25 bits per heavy atom. The van der Waals surface area contributed by atoms with E-state index in [2.05, 4.69) is 20.7 Å². The van der Waals surface area contributed by atoms with E-state index in [1.165, 1.54) is 0 Å².